The molecule has 3 heterocycles. The summed E-state index contributed by atoms with van der Waals surface area (Å²) in [7, 11) is 1.66. The van der Waals surface area contributed by atoms with Gasteiger partial charge < -0.3 is 14.4 Å². The second kappa shape index (κ2) is 11.8. The first-order chi connectivity index (χ1) is 20.1. The Bertz CT molecular complexity index is 1570. The van der Waals surface area contributed by atoms with Crippen LogP contribution in [-0.4, -0.2) is 72.2 Å². The summed E-state index contributed by atoms with van der Waals surface area (Å²) in [6.45, 7) is 3.97. The van der Waals surface area contributed by atoms with Crippen LogP contribution in [0.5, 0.6) is 5.75 Å². The number of carbonyl (C=O) groups is 2. The van der Waals surface area contributed by atoms with Crippen molar-refractivity contribution in [3.8, 4) is 22.7 Å². The lowest BCUT2D eigenvalue weighted by Crippen LogP contribution is -2.48. The SMILES string of the molecule is COc1ccccc1[C@@H]1SCC(=O)N(CC(=O)N2CCOCC2)c2c1c(-c1ccccc1)nn2-c1ccccc1C. The molecule has 1 aromatic heterocycles. The lowest BCUT2D eigenvalue weighted by atomic mass is 9.99. The van der Waals surface area contributed by atoms with Crippen LogP contribution in [0.25, 0.3) is 16.9 Å². The van der Waals surface area contributed by atoms with Gasteiger partial charge in [-0.05, 0) is 24.6 Å². The fourth-order valence-corrected chi connectivity index (χ4v) is 6.70. The molecular formula is C32H32N4O4S. The first kappa shape index (κ1) is 27.1. The van der Waals surface area contributed by atoms with Crippen LogP contribution >= 0.6 is 11.8 Å². The molecule has 4 aromatic rings. The van der Waals surface area contributed by atoms with Crippen molar-refractivity contribution in [1.29, 1.82) is 0 Å². The molecule has 2 amide bonds. The quantitative estimate of drug-likeness (QED) is 0.330. The largest absolute Gasteiger partial charge is 0.496 e. The topological polar surface area (TPSA) is 76.9 Å². The first-order valence-electron chi connectivity index (χ1n) is 13.7. The number of nitrogens with zero attached hydrogens (tertiary/aromatic N) is 4. The molecule has 0 aliphatic carbocycles. The zero-order chi connectivity index (χ0) is 28.3. The number of aromatic nitrogens is 2. The number of methoxy groups -OCH3 is 1. The van der Waals surface area contributed by atoms with Crippen LogP contribution in [0.4, 0.5) is 5.82 Å². The number of ether oxygens (including phenoxy) is 2. The highest BCUT2D eigenvalue weighted by molar-refractivity contribution is 8.00. The minimum atomic E-state index is -0.262. The van der Waals surface area contributed by atoms with Crippen LogP contribution < -0.4 is 9.64 Å². The van der Waals surface area contributed by atoms with Crippen molar-refractivity contribution < 1.29 is 19.1 Å². The summed E-state index contributed by atoms with van der Waals surface area (Å²) in [6.07, 6.45) is 0. The number of hydrogen-bond donors (Lipinski definition) is 0. The highest BCUT2D eigenvalue weighted by Gasteiger charge is 2.39. The van der Waals surface area contributed by atoms with Crippen LogP contribution in [-0.2, 0) is 14.3 Å². The van der Waals surface area contributed by atoms with E-state index in [2.05, 4.69) is 0 Å². The molecule has 0 spiro atoms. The molecule has 0 bridgehead atoms. The Hall–Kier alpha value is -4.08. The molecule has 0 N–H and O–H groups in total. The number of morpholine rings is 1. The molecule has 8 nitrogen and oxygen atoms in total. The molecule has 9 heteroatoms. The van der Waals surface area contributed by atoms with Gasteiger partial charge in [0.25, 0.3) is 0 Å². The number of para-hydroxylation sites is 2. The monoisotopic (exact) mass is 568 g/mol. The van der Waals surface area contributed by atoms with Gasteiger partial charge in [0.1, 0.15) is 18.1 Å². The number of hydrogen-bond acceptors (Lipinski definition) is 6. The van der Waals surface area contributed by atoms with E-state index >= 15 is 0 Å². The maximum absolute atomic E-state index is 14.0. The van der Waals surface area contributed by atoms with Gasteiger partial charge in [0.05, 0.1) is 42.7 Å². The zero-order valence-corrected chi connectivity index (χ0v) is 24.0. The van der Waals surface area contributed by atoms with Gasteiger partial charge in [0.15, 0.2) is 0 Å². The van der Waals surface area contributed by atoms with Gasteiger partial charge in [-0.15, -0.1) is 11.8 Å². The molecular weight excluding hydrogens is 536 g/mol. The molecule has 1 saturated heterocycles. The Morgan fingerprint density at radius 1 is 1.00 bits per heavy atom. The van der Waals surface area contributed by atoms with Crippen molar-refractivity contribution >= 4 is 29.4 Å². The highest BCUT2D eigenvalue weighted by atomic mass is 32.2. The summed E-state index contributed by atoms with van der Waals surface area (Å²) in [5.41, 5.74) is 5.41. The second-order valence-electron chi connectivity index (χ2n) is 10.1. The van der Waals surface area contributed by atoms with Crippen molar-refractivity contribution in [3.63, 3.8) is 0 Å². The number of rotatable bonds is 6. The molecule has 1 atom stereocenters. The fraction of sp³-hybridized carbons (Fsp3) is 0.281. The van der Waals surface area contributed by atoms with Gasteiger partial charge in [-0.2, -0.15) is 5.10 Å². The van der Waals surface area contributed by atoms with Crippen LogP contribution in [0.3, 0.4) is 0 Å². The standard InChI is InChI=1S/C32H32N4O4S/c1-22-10-6-8-14-25(22)36-32-29(30(33-36)23-11-4-3-5-12-23)31(24-13-7-9-15-26(24)39-2)41-21-28(38)35(32)20-27(37)34-16-18-40-19-17-34/h3-15,31H,16-21H2,1-2H3/t31-/m0/s1. The number of anilines is 1. The number of aryl methyl sites for hydroxylation is 1. The number of benzene rings is 3. The normalized spacial score (nSPS) is 17.2. The Balaban J connectivity index is 1.61. The predicted octanol–water partition coefficient (Wildman–Crippen LogP) is 4.88. The molecule has 3 aromatic carbocycles. The Morgan fingerprint density at radius 2 is 1.71 bits per heavy atom. The van der Waals surface area contributed by atoms with Crippen molar-refractivity contribution in [2.24, 2.45) is 0 Å². The third-order valence-electron chi connectivity index (χ3n) is 7.56. The average Bonchev–Trinajstić information content (AvgIpc) is 3.34. The average molecular weight is 569 g/mol. The summed E-state index contributed by atoms with van der Waals surface area (Å²) in [6, 6.07) is 25.9. The van der Waals surface area contributed by atoms with Crippen molar-refractivity contribution in [2.75, 3.05) is 50.6 Å². The molecule has 41 heavy (non-hydrogen) atoms. The summed E-state index contributed by atoms with van der Waals surface area (Å²) in [5.74, 6) is 1.32. The van der Waals surface area contributed by atoms with Crippen LogP contribution in [0.15, 0.2) is 78.9 Å². The minimum absolute atomic E-state index is 0.0726. The lowest BCUT2D eigenvalue weighted by Gasteiger charge is -2.30. The number of fused-ring (bicyclic) bond motifs is 1. The number of thioether (sulfide) groups is 1. The van der Waals surface area contributed by atoms with E-state index in [0.717, 1.165) is 39.4 Å². The van der Waals surface area contributed by atoms with Crippen molar-refractivity contribution in [3.05, 3.63) is 95.6 Å². The summed E-state index contributed by atoms with van der Waals surface area (Å²) >= 11 is 1.54. The highest BCUT2D eigenvalue weighted by Crippen LogP contribution is 2.50. The van der Waals surface area contributed by atoms with Gasteiger partial charge in [-0.1, -0.05) is 66.7 Å². The van der Waals surface area contributed by atoms with Crippen LogP contribution in [0.1, 0.15) is 21.9 Å². The third kappa shape index (κ3) is 5.23. The molecule has 0 unspecified atom stereocenters. The molecule has 2 aliphatic rings. The van der Waals surface area contributed by atoms with Crippen LogP contribution in [0.2, 0.25) is 0 Å². The van der Waals surface area contributed by atoms with E-state index in [-0.39, 0.29) is 29.4 Å². The summed E-state index contributed by atoms with van der Waals surface area (Å²) in [4.78, 5) is 31.0. The molecule has 210 valence electrons. The van der Waals surface area contributed by atoms with E-state index in [1.807, 2.05) is 90.5 Å². The van der Waals surface area contributed by atoms with Crippen LogP contribution in [0, 0.1) is 6.92 Å². The second-order valence-corrected chi connectivity index (χ2v) is 11.1. The van der Waals surface area contributed by atoms with Crippen molar-refractivity contribution in [2.45, 2.75) is 12.2 Å². The Morgan fingerprint density at radius 3 is 2.46 bits per heavy atom. The molecule has 0 saturated carbocycles. The van der Waals surface area contributed by atoms with Crippen molar-refractivity contribution in [1.82, 2.24) is 14.7 Å². The van der Waals surface area contributed by atoms with Gasteiger partial charge in [-0.3, -0.25) is 14.5 Å². The third-order valence-corrected chi connectivity index (χ3v) is 8.80. The smallest absolute Gasteiger partial charge is 0.242 e. The maximum Gasteiger partial charge on any atom is 0.242 e. The maximum atomic E-state index is 14.0. The fourth-order valence-electron chi connectivity index (χ4n) is 5.47. The number of carbonyl (C=O) groups excluding carboxylic acids is 2. The molecule has 6 rings (SSSR count). The van der Waals surface area contributed by atoms with E-state index < -0.39 is 0 Å². The Labute approximate surface area is 243 Å². The predicted molar refractivity (Wildman–Crippen MR) is 161 cm³/mol. The van der Waals surface area contributed by atoms with E-state index in [9.17, 15) is 9.59 Å². The zero-order valence-electron chi connectivity index (χ0n) is 23.2. The van der Waals surface area contributed by atoms with E-state index in [4.69, 9.17) is 14.6 Å². The van der Waals surface area contributed by atoms with Gasteiger partial charge in [0, 0.05) is 29.8 Å². The number of amides is 2. The molecule has 2 aliphatic heterocycles. The minimum Gasteiger partial charge on any atom is -0.496 e. The summed E-state index contributed by atoms with van der Waals surface area (Å²) < 4.78 is 13.1. The summed E-state index contributed by atoms with van der Waals surface area (Å²) in [5, 5.41) is 4.93. The van der Waals surface area contributed by atoms with Gasteiger partial charge in [0.2, 0.25) is 11.8 Å². The molecule has 0 radical (unpaired) electrons. The first-order valence-corrected chi connectivity index (χ1v) is 14.8. The molecule has 1 fully saturated rings. The van der Waals surface area contributed by atoms with E-state index in [1.54, 1.807) is 16.9 Å². The van der Waals surface area contributed by atoms with Gasteiger partial charge in [-0.25, -0.2) is 4.68 Å². The lowest BCUT2D eigenvalue weighted by molar-refractivity contribution is -0.134. The Kier molecular flexibility index (Phi) is 7.80. The van der Waals surface area contributed by atoms with Gasteiger partial charge >= 0.3 is 0 Å². The van der Waals surface area contributed by atoms with E-state index in [0.29, 0.717) is 32.1 Å². The van der Waals surface area contributed by atoms with E-state index in [1.165, 1.54) is 11.8 Å².